The molecular formula is C10H9Cl2N3O. The van der Waals surface area contributed by atoms with Crippen molar-refractivity contribution in [3.63, 3.8) is 0 Å². The average Bonchev–Trinajstić information content (AvgIpc) is 2.67. The Morgan fingerprint density at radius 1 is 1.31 bits per heavy atom. The molecule has 6 heteroatoms. The van der Waals surface area contributed by atoms with E-state index in [-0.39, 0.29) is 0 Å². The zero-order valence-electron chi connectivity index (χ0n) is 8.50. The van der Waals surface area contributed by atoms with Crippen LogP contribution in [0, 0.1) is 0 Å². The van der Waals surface area contributed by atoms with Crippen LogP contribution in [0.5, 0.6) is 0 Å². The third-order valence-corrected chi connectivity index (χ3v) is 2.50. The quantitative estimate of drug-likeness (QED) is 0.919. The maximum absolute atomic E-state index is 6.02. The second kappa shape index (κ2) is 4.82. The molecule has 0 radical (unpaired) electrons. The van der Waals surface area contributed by atoms with E-state index >= 15 is 0 Å². The molecule has 0 aliphatic rings. The van der Waals surface area contributed by atoms with E-state index in [4.69, 9.17) is 27.6 Å². The molecule has 1 aromatic heterocycles. The molecule has 0 saturated carbocycles. The predicted molar refractivity (Wildman–Crippen MR) is 62.5 cm³/mol. The maximum Gasteiger partial charge on any atom is 0.249 e. The van der Waals surface area contributed by atoms with Crippen LogP contribution >= 0.6 is 23.2 Å². The minimum atomic E-state index is 0.395. The van der Waals surface area contributed by atoms with Crippen LogP contribution in [0.2, 0.25) is 10.0 Å². The summed E-state index contributed by atoms with van der Waals surface area (Å²) in [6, 6.07) is 5.12. The van der Waals surface area contributed by atoms with Gasteiger partial charge in [-0.15, -0.1) is 10.2 Å². The lowest BCUT2D eigenvalue weighted by Crippen LogP contribution is -2.04. The van der Waals surface area contributed by atoms with E-state index in [9.17, 15) is 0 Å². The van der Waals surface area contributed by atoms with Gasteiger partial charge in [-0.05, 0) is 25.2 Å². The zero-order chi connectivity index (χ0) is 11.5. The summed E-state index contributed by atoms with van der Waals surface area (Å²) in [6.45, 7) is 0.526. The summed E-state index contributed by atoms with van der Waals surface area (Å²) in [4.78, 5) is 0. The number of hydrogen-bond donors (Lipinski definition) is 1. The second-order valence-electron chi connectivity index (χ2n) is 3.16. The van der Waals surface area contributed by atoms with E-state index < -0.39 is 0 Å². The Balaban J connectivity index is 2.35. The van der Waals surface area contributed by atoms with Gasteiger partial charge in [-0.25, -0.2) is 0 Å². The Kier molecular flexibility index (Phi) is 3.43. The van der Waals surface area contributed by atoms with Gasteiger partial charge in [0.05, 0.1) is 17.1 Å². The van der Waals surface area contributed by atoms with E-state index in [1.54, 1.807) is 25.2 Å². The van der Waals surface area contributed by atoms with Crippen LogP contribution in [0.3, 0.4) is 0 Å². The van der Waals surface area contributed by atoms with Crippen LogP contribution in [0.25, 0.3) is 11.5 Å². The van der Waals surface area contributed by atoms with Gasteiger partial charge >= 0.3 is 0 Å². The second-order valence-corrected chi connectivity index (χ2v) is 4.00. The van der Waals surface area contributed by atoms with Crippen molar-refractivity contribution in [3.8, 4) is 11.5 Å². The SMILES string of the molecule is CNCc1nnc(-c2ccc(Cl)cc2Cl)o1. The van der Waals surface area contributed by atoms with Gasteiger partial charge in [0.15, 0.2) is 0 Å². The molecule has 0 aliphatic carbocycles. The van der Waals surface area contributed by atoms with E-state index in [1.165, 1.54) is 0 Å². The lowest BCUT2D eigenvalue weighted by atomic mass is 10.2. The lowest BCUT2D eigenvalue weighted by molar-refractivity contribution is 0.490. The highest BCUT2D eigenvalue weighted by molar-refractivity contribution is 6.36. The molecule has 0 amide bonds. The topological polar surface area (TPSA) is 51.0 Å². The minimum absolute atomic E-state index is 0.395. The molecule has 84 valence electrons. The molecule has 1 heterocycles. The normalized spacial score (nSPS) is 10.7. The van der Waals surface area contributed by atoms with E-state index in [0.717, 1.165) is 0 Å². The number of halogens is 2. The molecule has 0 atom stereocenters. The van der Waals surface area contributed by atoms with Crippen LogP contribution in [-0.4, -0.2) is 17.2 Å². The van der Waals surface area contributed by atoms with Crippen LogP contribution in [0.15, 0.2) is 22.6 Å². The van der Waals surface area contributed by atoms with Gasteiger partial charge in [-0.2, -0.15) is 0 Å². The summed E-state index contributed by atoms with van der Waals surface area (Å²) < 4.78 is 5.42. The zero-order valence-corrected chi connectivity index (χ0v) is 10.0. The molecule has 16 heavy (non-hydrogen) atoms. The molecule has 0 fully saturated rings. The molecule has 0 unspecified atom stereocenters. The van der Waals surface area contributed by atoms with Crippen molar-refractivity contribution in [2.24, 2.45) is 0 Å². The van der Waals surface area contributed by atoms with E-state index in [0.29, 0.717) is 33.9 Å². The van der Waals surface area contributed by atoms with E-state index in [1.807, 2.05) is 0 Å². The standard InChI is InChI=1S/C10H9Cl2N3O/c1-13-5-9-14-15-10(16-9)7-3-2-6(11)4-8(7)12/h2-4,13H,5H2,1H3. The maximum atomic E-state index is 6.02. The summed E-state index contributed by atoms with van der Waals surface area (Å²) >= 11 is 11.8. The van der Waals surface area contributed by atoms with Crippen molar-refractivity contribution in [1.82, 2.24) is 15.5 Å². The first-order valence-electron chi connectivity index (χ1n) is 4.63. The van der Waals surface area contributed by atoms with Crippen molar-refractivity contribution in [1.29, 1.82) is 0 Å². The Morgan fingerprint density at radius 3 is 2.81 bits per heavy atom. The average molecular weight is 258 g/mol. The molecule has 0 bridgehead atoms. The van der Waals surface area contributed by atoms with Crippen molar-refractivity contribution < 1.29 is 4.42 Å². The molecule has 0 spiro atoms. The van der Waals surface area contributed by atoms with Crippen LogP contribution in [0.1, 0.15) is 5.89 Å². The molecule has 2 aromatic rings. The van der Waals surface area contributed by atoms with Gasteiger partial charge in [-0.1, -0.05) is 23.2 Å². The van der Waals surface area contributed by atoms with Gasteiger partial charge in [0, 0.05) is 5.02 Å². The van der Waals surface area contributed by atoms with Gasteiger partial charge in [0.1, 0.15) is 0 Å². The van der Waals surface area contributed by atoms with Crippen molar-refractivity contribution in [2.75, 3.05) is 7.05 Å². The fourth-order valence-corrected chi connectivity index (χ4v) is 1.74. The molecule has 2 rings (SSSR count). The molecular weight excluding hydrogens is 249 g/mol. The molecule has 4 nitrogen and oxygen atoms in total. The van der Waals surface area contributed by atoms with Crippen molar-refractivity contribution in [3.05, 3.63) is 34.1 Å². The van der Waals surface area contributed by atoms with Gasteiger partial charge in [0.2, 0.25) is 11.8 Å². The lowest BCUT2D eigenvalue weighted by Gasteiger charge is -1.98. The van der Waals surface area contributed by atoms with Gasteiger partial charge in [-0.3, -0.25) is 0 Å². The monoisotopic (exact) mass is 257 g/mol. The Hall–Kier alpha value is -1.10. The first-order chi connectivity index (χ1) is 7.70. The van der Waals surface area contributed by atoms with Crippen molar-refractivity contribution in [2.45, 2.75) is 6.54 Å². The highest BCUT2D eigenvalue weighted by Crippen LogP contribution is 2.29. The fourth-order valence-electron chi connectivity index (χ4n) is 1.25. The summed E-state index contributed by atoms with van der Waals surface area (Å²) in [6.07, 6.45) is 0. The van der Waals surface area contributed by atoms with Crippen molar-refractivity contribution >= 4 is 23.2 Å². The first-order valence-corrected chi connectivity index (χ1v) is 5.38. The Bertz CT molecular complexity index is 499. The molecule has 0 aliphatic heterocycles. The summed E-state index contributed by atoms with van der Waals surface area (Å²) in [7, 11) is 1.80. The summed E-state index contributed by atoms with van der Waals surface area (Å²) in [5, 5.41) is 11.8. The van der Waals surface area contributed by atoms with Crippen LogP contribution < -0.4 is 5.32 Å². The number of aromatic nitrogens is 2. The number of hydrogen-bond acceptors (Lipinski definition) is 4. The van der Waals surface area contributed by atoms with E-state index in [2.05, 4.69) is 15.5 Å². The first kappa shape index (κ1) is 11.4. The van der Waals surface area contributed by atoms with Crippen LogP contribution in [0.4, 0.5) is 0 Å². The highest BCUT2D eigenvalue weighted by atomic mass is 35.5. The molecule has 1 N–H and O–H groups in total. The third-order valence-electron chi connectivity index (χ3n) is 1.96. The Morgan fingerprint density at radius 2 is 2.12 bits per heavy atom. The van der Waals surface area contributed by atoms with Gasteiger partial charge < -0.3 is 9.73 Å². The fraction of sp³-hybridized carbons (Fsp3) is 0.200. The number of rotatable bonds is 3. The minimum Gasteiger partial charge on any atom is -0.419 e. The Labute approximate surface area is 103 Å². The predicted octanol–water partition coefficient (Wildman–Crippen LogP) is 2.76. The number of nitrogens with one attached hydrogen (secondary N) is 1. The smallest absolute Gasteiger partial charge is 0.249 e. The number of nitrogens with zero attached hydrogens (tertiary/aromatic N) is 2. The summed E-state index contributed by atoms with van der Waals surface area (Å²) in [5.41, 5.74) is 0.681. The molecule has 0 saturated heterocycles. The van der Waals surface area contributed by atoms with Gasteiger partial charge in [0.25, 0.3) is 0 Å². The highest BCUT2D eigenvalue weighted by Gasteiger charge is 2.11. The summed E-state index contributed by atoms with van der Waals surface area (Å²) in [5.74, 6) is 0.912. The largest absolute Gasteiger partial charge is 0.419 e. The number of benzene rings is 1. The molecule has 1 aromatic carbocycles. The van der Waals surface area contributed by atoms with Crippen LogP contribution in [-0.2, 0) is 6.54 Å². The third kappa shape index (κ3) is 2.35.